The third-order valence-electron chi connectivity index (χ3n) is 5.86. The summed E-state index contributed by atoms with van der Waals surface area (Å²) in [5, 5.41) is 0. The molecule has 1 amide bonds. The van der Waals surface area contributed by atoms with Crippen molar-refractivity contribution in [3.05, 3.63) is 23.4 Å². The quantitative estimate of drug-likeness (QED) is 0.725. The molecule has 0 bridgehead atoms. The minimum atomic E-state index is -1.22. The molecule has 1 fully saturated rings. The highest BCUT2D eigenvalue weighted by atomic mass is 32.2. The number of amides is 1. The van der Waals surface area contributed by atoms with Crippen LogP contribution in [0.5, 0.6) is 5.88 Å². The number of hydrogen-bond donors (Lipinski definition) is 1. The molecule has 1 spiro atoms. The second-order valence-corrected chi connectivity index (χ2v) is 12.4. The monoisotopic (exact) mass is 437 g/mol. The lowest BCUT2D eigenvalue weighted by atomic mass is 9.73. The number of rotatable bonds is 3. The van der Waals surface area contributed by atoms with Gasteiger partial charge in [0.15, 0.2) is 0 Å². The van der Waals surface area contributed by atoms with Crippen molar-refractivity contribution in [1.29, 1.82) is 0 Å². The van der Waals surface area contributed by atoms with E-state index in [0.717, 1.165) is 30.4 Å². The van der Waals surface area contributed by atoms with Crippen LogP contribution in [-0.4, -0.2) is 51.1 Å². The molecule has 2 aliphatic rings. The Labute approximate surface area is 183 Å². The minimum Gasteiger partial charge on any atom is -0.598 e. The lowest BCUT2D eigenvalue weighted by molar-refractivity contribution is 0.00716. The SMILES string of the molecule is COc1cc2c(cn1)CC1(CCN(C(=O)OC(C)(C)C)CC1)[C@@H]2N[S+]([O-])C(C)(C)C. The van der Waals surface area contributed by atoms with E-state index in [4.69, 9.17) is 9.47 Å². The Morgan fingerprint density at radius 1 is 1.27 bits per heavy atom. The Hall–Kier alpha value is -1.51. The molecule has 1 saturated heterocycles. The number of likely N-dealkylation sites (tertiary alicyclic amines) is 1. The summed E-state index contributed by atoms with van der Waals surface area (Å²) in [6, 6.07) is 1.88. The Balaban J connectivity index is 1.83. The molecule has 2 atom stereocenters. The average Bonchev–Trinajstić information content (AvgIpc) is 2.92. The lowest BCUT2D eigenvalue weighted by Crippen LogP contribution is -2.51. The van der Waals surface area contributed by atoms with Crippen LogP contribution in [0.2, 0.25) is 0 Å². The van der Waals surface area contributed by atoms with E-state index in [-0.39, 0.29) is 22.3 Å². The number of pyridine rings is 1. The second-order valence-electron chi connectivity index (χ2n) is 10.4. The maximum absolute atomic E-state index is 13.0. The Morgan fingerprint density at radius 2 is 1.90 bits per heavy atom. The van der Waals surface area contributed by atoms with Gasteiger partial charge in [-0.2, -0.15) is 0 Å². The fraction of sp³-hybridized carbons (Fsp3) is 0.727. The molecule has 2 heterocycles. The number of ether oxygens (including phenoxy) is 2. The molecule has 168 valence electrons. The second kappa shape index (κ2) is 8.20. The van der Waals surface area contributed by atoms with Crippen molar-refractivity contribution in [1.82, 2.24) is 14.6 Å². The van der Waals surface area contributed by atoms with E-state index < -0.39 is 17.0 Å². The van der Waals surface area contributed by atoms with Gasteiger partial charge in [-0.3, -0.25) is 0 Å². The summed E-state index contributed by atoms with van der Waals surface area (Å²) in [4.78, 5) is 18.7. The normalized spacial score (nSPS) is 22.0. The summed E-state index contributed by atoms with van der Waals surface area (Å²) in [6.45, 7) is 12.8. The van der Waals surface area contributed by atoms with Gasteiger partial charge in [0.25, 0.3) is 0 Å². The van der Waals surface area contributed by atoms with Gasteiger partial charge in [-0.05, 0) is 71.9 Å². The molecule has 30 heavy (non-hydrogen) atoms. The molecule has 1 N–H and O–H groups in total. The van der Waals surface area contributed by atoms with Crippen LogP contribution in [0.3, 0.4) is 0 Å². The van der Waals surface area contributed by atoms with E-state index in [1.165, 1.54) is 0 Å². The molecule has 1 unspecified atom stereocenters. The van der Waals surface area contributed by atoms with Gasteiger partial charge in [0, 0.05) is 42.1 Å². The smallest absolute Gasteiger partial charge is 0.410 e. The van der Waals surface area contributed by atoms with Gasteiger partial charge in [-0.15, -0.1) is 4.72 Å². The van der Waals surface area contributed by atoms with Crippen LogP contribution in [0.1, 0.15) is 71.6 Å². The Morgan fingerprint density at radius 3 is 2.43 bits per heavy atom. The fourth-order valence-corrected chi connectivity index (χ4v) is 5.16. The van der Waals surface area contributed by atoms with Crippen molar-refractivity contribution in [2.45, 2.75) is 77.2 Å². The van der Waals surface area contributed by atoms with Gasteiger partial charge >= 0.3 is 6.09 Å². The molecule has 1 aromatic heterocycles. The zero-order valence-corrected chi connectivity index (χ0v) is 20.0. The first-order chi connectivity index (χ1) is 13.8. The van der Waals surface area contributed by atoms with E-state index in [1.54, 1.807) is 12.0 Å². The predicted molar refractivity (Wildman–Crippen MR) is 118 cm³/mol. The molecule has 1 aromatic rings. The number of aromatic nitrogens is 1. The summed E-state index contributed by atoms with van der Waals surface area (Å²) in [7, 11) is 1.61. The molecular formula is C22H35N3O4S. The number of nitrogens with one attached hydrogen (secondary N) is 1. The maximum Gasteiger partial charge on any atom is 0.410 e. The van der Waals surface area contributed by atoms with E-state index in [1.807, 2.05) is 53.8 Å². The van der Waals surface area contributed by atoms with Gasteiger partial charge in [-0.1, -0.05) is 0 Å². The van der Waals surface area contributed by atoms with Crippen molar-refractivity contribution < 1.29 is 18.8 Å². The molecule has 1 aliphatic carbocycles. The molecule has 0 radical (unpaired) electrons. The van der Waals surface area contributed by atoms with E-state index in [9.17, 15) is 9.35 Å². The minimum absolute atomic E-state index is 0.0785. The van der Waals surface area contributed by atoms with E-state index in [0.29, 0.717) is 19.0 Å². The Bertz CT molecular complexity index is 780. The molecule has 0 saturated carbocycles. The number of carbonyl (C=O) groups is 1. The summed E-state index contributed by atoms with van der Waals surface area (Å²) in [6.07, 6.45) is 4.07. The third-order valence-corrected chi connectivity index (χ3v) is 7.43. The average molecular weight is 438 g/mol. The first-order valence-electron chi connectivity index (χ1n) is 10.5. The fourth-order valence-electron chi connectivity index (χ4n) is 4.22. The Kier molecular flexibility index (Phi) is 6.33. The first-order valence-corrected chi connectivity index (χ1v) is 11.7. The number of methoxy groups -OCH3 is 1. The molecule has 7 nitrogen and oxygen atoms in total. The molecule has 8 heteroatoms. The van der Waals surface area contributed by atoms with Crippen molar-refractivity contribution in [3.63, 3.8) is 0 Å². The topological polar surface area (TPSA) is 86.8 Å². The van der Waals surface area contributed by atoms with Crippen LogP contribution in [0, 0.1) is 5.41 Å². The standard InChI is InChI=1S/C22H35N3O4S/c1-20(2,3)29-19(26)25-10-8-22(9-11-25)13-15-14-23-17(28-7)12-16(15)18(22)24-30(27)21(4,5)6/h12,14,18,24H,8-11,13H2,1-7H3/t18-,30?/m1/s1. The van der Waals surface area contributed by atoms with Crippen LogP contribution >= 0.6 is 0 Å². The zero-order valence-electron chi connectivity index (χ0n) is 19.2. The zero-order chi connectivity index (χ0) is 22.3. The first kappa shape index (κ1) is 23.2. The number of carbonyl (C=O) groups excluding carboxylic acids is 1. The predicted octanol–water partition coefficient (Wildman–Crippen LogP) is 3.76. The van der Waals surface area contributed by atoms with Crippen molar-refractivity contribution >= 4 is 17.5 Å². The van der Waals surface area contributed by atoms with Gasteiger partial charge in [-0.25, -0.2) is 9.78 Å². The largest absolute Gasteiger partial charge is 0.598 e. The van der Waals surface area contributed by atoms with E-state index >= 15 is 0 Å². The summed E-state index contributed by atoms with van der Waals surface area (Å²) >= 11 is -1.22. The molecule has 1 aliphatic heterocycles. The third kappa shape index (κ3) is 4.86. The number of nitrogens with zero attached hydrogens (tertiary/aromatic N) is 2. The van der Waals surface area contributed by atoms with Crippen molar-refractivity contribution in [2.24, 2.45) is 5.41 Å². The van der Waals surface area contributed by atoms with Crippen LogP contribution in [0.25, 0.3) is 0 Å². The highest BCUT2D eigenvalue weighted by molar-refractivity contribution is 7.90. The van der Waals surface area contributed by atoms with Gasteiger partial charge in [0.2, 0.25) is 5.88 Å². The van der Waals surface area contributed by atoms with Gasteiger partial charge in [0.1, 0.15) is 10.3 Å². The molecule has 3 rings (SSSR count). The maximum atomic E-state index is 13.0. The van der Waals surface area contributed by atoms with Crippen LogP contribution < -0.4 is 9.46 Å². The van der Waals surface area contributed by atoms with E-state index in [2.05, 4.69) is 9.71 Å². The van der Waals surface area contributed by atoms with Crippen LogP contribution in [0.15, 0.2) is 12.3 Å². The number of fused-ring (bicyclic) bond motifs is 1. The van der Waals surface area contributed by atoms with Crippen molar-refractivity contribution in [2.75, 3.05) is 20.2 Å². The molecule has 0 aromatic carbocycles. The summed E-state index contributed by atoms with van der Waals surface area (Å²) < 4.78 is 27.0. The van der Waals surface area contributed by atoms with Crippen LogP contribution in [-0.2, 0) is 22.5 Å². The summed E-state index contributed by atoms with van der Waals surface area (Å²) in [5.74, 6) is 0.560. The van der Waals surface area contributed by atoms with Gasteiger partial charge < -0.3 is 18.9 Å². The number of piperidine rings is 1. The number of hydrogen-bond acceptors (Lipinski definition) is 6. The highest BCUT2D eigenvalue weighted by Crippen LogP contribution is 2.53. The lowest BCUT2D eigenvalue weighted by Gasteiger charge is -2.43. The van der Waals surface area contributed by atoms with Gasteiger partial charge in [0.05, 0.1) is 13.2 Å². The van der Waals surface area contributed by atoms with Crippen LogP contribution in [0.4, 0.5) is 4.79 Å². The summed E-state index contributed by atoms with van der Waals surface area (Å²) in [5.41, 5.74) is 1.64. The van der Waals surface area contributed by atoms with Crippen molar-refractivity contribution in [3.8, 4) is 5.88 Å². The molecular weight excluding hydrogens is 402 g/mol. The highest BCUT2D eigenvalue weighted by Gasteiger charge is 2.51.